The predicted molar refractivity (Wildman–Crippen MR) is 62.5 cm³/mol. The highest BCUT2D eigenvalue weighted by Crippen LogP contribution is 2.36. The molecule has 0 saturated heterocycles. The molecule has 0 atom stereocenters. The Morgan fingerprint density at radius 3 is 2.69 bits per heavy atom. The third kappa shape index (κ3) is 1.76. The number of carbonyl (C=O) groups excluding carboxylic acids is 1. The Labute approximate surface area is 94.8 Å². The molecular weight excluding hydrogens is 204 g/mol. The van der Waals surface area contributed by atoms with E-state index in [9.17, 15) is 4.79 Å². The van der Waals surface area contributed by atoms with E-state index in [0.717, 1.165) is 22.6 Å². The van der Waals surface area contributed by atoms with E-state index >= 15 is 0 Å². The van der Waals surface area contributed by atoms with Gasteiger partial charge in [-0.25, -0.2) is 0 Å². The highest BCUT2D eigenvalue weighted by atomic mass is 16.5. The summed E-state index contributed by atoms with van der Waals surface area (Å²) in [4.78, 5) is 11.4. The quantitative estimate of drug-likeness (QED) is 0.791. The van der Waals surface area contributed by atoms with Gasteiger partial charge in [-0.3, -0.25) is 4.79 Å². The van der Waals surface area contributed by atoms with E-state index < -0.39 is 5.54 Å². The number of hydrogen-bond donors (Lipinski definition) is 2. The van der Waals surface area contributed by atoms with E-state index in [1.165, 1.54) is 0 Å². The van der Waals surface area contributed by atoms with Gasteiger partial charge >= 0.3 is 0 Å². The second-order valence-corrected chi connectivity index (χ2v) is 4.66. The van der Waals surface area contributed by atoms with Gasteiger partial charge in [0.25, 0.3) is 0 Å². The van der Waals surface area contributed by atoms with Crippen molar-refractivity contribution in [1.29, 1.82) is 0 Å². The molecule has 1 heterocycles. The third-order valence-corrected chi connectivity index (χ3v) is 2.74. The summed E-state index contributed by atoms with van der Waals surface area (Å²) in [6, 6.07) is 3.76. The molecule has 16 heavy (non-hydrogen) atoms. The molecule has 0 unspecified atom stereocenters. The highest BCUT2D eigenvalue weighted by molar-refractivity contribution is 6.00. The number of amides is 1. The van der Waals surface area contributed by atoms with Gasteiger partial charge in [0.05, 0.1) is 13.5 Å². The first-order valence-electron chi connectivity index (χ1n) is 5.22. The number of fused-ring (bicyclic) bond motifs is 1. The summed E-state index contributed by atoms with van der Waals surface area (Å²) in [6.45, 7) is 3.82. The maximum atomic E-state index is 11.4. The Hall–Kier alpha value is -1.55. The Bertz CT molecular complexity index is 447. The minimum atomic E-state index is -0.504. The second-order valence-electron chi connectivity index (χ2n) is 4.66. The molecule has 1 aromatic rings. The number of rotatable bonds is 2. The van der Waals surface area contributed by atoms with E-state index in [1.54, 1.807) is 7.11 Å². The molecule has 0 radical (unpaired) electrons. The summed E-state index contributed by atoms with van der Waals surface area (Å²) in [7, 11) is 1.61. The van der Waals surface area contributed by atoms with Crippen LogP contribution in [-0.2, 0) is 16.8 Å². The van der Waals surface area contributed by atoms with Crippen LogP contribution < -0.4 is 15.8 Å². The molecule has 86 valence electrons. The van der Waals surface area contributed by atoms with Crippen molar-refractivity contribution in [3.05, 3.63) is 23.3 Å². The van der Waals surface area contributed by atoms with Crippen LogP contribution in [0.25, 0.3) is 0 Å². The topological polar surface area (TPSA) is 64.3 Å². The van der Waals surface area contributed by atoms with Crippen LogP contribution in [0.1, 0.15) is 25.0 Å². The van der Waals surface area contributed by atoms with Crippen molar-refractivity contribution >= 4 is 11.6 Å². The van der Waals surface area contributed by atoms with E-state index in [4.69, 9.17) is 10.5 Å². The van der Waals surface area contributed by atoms with Gasteiger partial charge in [0.15, 0.2) is 0 Å². The third-order valence-electron chi connectivity index (χ3n) is 2.74. The van der Waals surface area contributed by atoms with Crippen LogP contribution in [0.4, 0.5) is 5.69 Å². The lowest BCUT2D eigenvalue weighted by molar-refractivity contribution is -0.115. The van der Waals surface area contributed by atoms with Gasteiger partial charge in [-0.1, -0.05) is 0 Å². The number of nitrogens with one attached hydrogen (secondary N) is 1. The first kappa shape index (κ1) is 11.0. The summed E-state index contributed by atoms with van der Waals surface area (Å²) in [5, 5.41) is 2.85. The van der Waals surface area contributed by atoms with Crippen molar-refractivity contribution < 1.29 is 9.53 Å². The van der Waals surface area contributed by atoms with Crippen LogP contribution >= 0.6 is 0 Å². The Morgan fingerprint density at radius 1 is 1.44 bits per heavy atom. The van der Waals surface area contributed by atoms with Crippen molar-refractivity contribution in [3.8, 4) is 5.75 Å². The zero-order valence-electron chi connectivity index (χ0n) is 9.76. The lowest BCUT2D eigenvalue weighted by atomic mass is 9.92. The van der Waals surface area contributed by atoms with Crippen LogP contribution in [0.3, 0.4) is 0 Å². The van der Waals surface area contributed by atoms with Crippen LogP contribution in [0, 0.1) is 0 Å². The molecule has 0 saturated carbocycles. The van der Waals surface area contributed by atoms with Gasteiger partial charge in [0.1, 0.15) is 5.75 Å². The van der Waals surface area contributed by atoms with Gasteiger partial charge < -0.3 is 15.8 Å². The largest absolute Gasteiger partial charge is 0.497 e. The monoisotopic (exact) mass is 220 g/mol. The fourth-order valence-electron chi connectivity index (χ4n) is 1.94. The minimum absolute atomic E-state index is 0.00810. The normalized spacial score (nSPS) is 14.6. The molecule has 2 rings (SSSR count). The maximum absolute atomic E-state index is 11.4. The molecule has 0 aromatic heterocycles. The molecule has 1 amide bonds. The van der Waals surface area contributed by atoms with E-state index in [-0.39, 0.29) is 5.91 Å². The van der Waals surface area contributed by atoms with Crippen LogP contribution in [0.5, 0.6) is 5.75 Å². The van der Waals surface area contributed by atoms with Crippen molar-refractivity contribution in [2.75, 3.05) is 12.4 Å². The number of benzene rings is 1. The zero-order chi connectivity index (χ0) is 11.9. The lowest BCUT2D eigenvalue weighted by Gasteiger charge is -2.23. The molecule has 3 N–H and O–H groups in total. The molecule has 0 aliphatic carbocycles. The lowest BCUT2D eigenvalue weighted by Crippen LogP contribution is -2.29. The van der Waals surface area contributed by atoms with E-state index in [2.05, 4.69) is 5.32 Å². The van der Waals surface area contributed by atoms with Gasteiger partial charge in [-0.2, -0.15) is 0 Å². The van der Waals surface area contributed by atoms with Gasteiger partial charge in [-0.15, -0.1) is 0 Å². The SMILES string of the molecule is COc1cc2c(c(C(C)(C)N)c1)NC(=O)C2. The molecule has 4 heteroatoms. The maximum Gasteiger partial charge on any atom is 0.228 e. The summed E-state index contributed by atoms with van der Waals surface area (Å²) in [6.07, 6.45) is 0.398. The summed E-state index contributed by atoms with van der Waals surface area (Å²) < 4.78 is 5.22. The Kier molecular flexibility index (Phi) is 2.39. The first-order chi connectivity index (χ1) is 7.41. The standard InChI is InChI=1S/C12H16N2O2/c1-12(2,13)9-6-8(16-3)4-7-5-10(15)14-11(7)9/h4,6H,5,13H2,1-3H3,(H,14,15). The molecule has 4 nitrogen and oxygen atoms in total. The van der Waals surface area contributed by atoms with Crippen molar-refractivity contribution in [2.45, 2.75) is 25.8 Å². The number of ether oxygens (including phenoxy) is 1. The molecule has 1 aliphatic heterocycles. The number of nitrogens with two attached hydrogens (primary N) is 1. The molecule has 0 fully saturated rings. The van der Waals surface area contributed by atoms with E-state index in [1.807, 2.05) is 26.0 Å². The molecular formula is C12H16N2O2. The van der Waals surface area contributed by atoms with E-state index in [0.29, 0.717) is 6.42 Å². The molecule has 1 aliphatic rings. The van der Waals surface area contributed by atoms with Gasteiger partial charge in [-0.05, 0) is 37.1 Å². The van der Waals surface area contributed by atoms with Crippen molar-refractivity contribution in [2.24, 2.45) is 5.73 Å². The summed E-state index contributed by atoms with van der Waals surface area (Å²) in [5.41, 5.74) is 8.30. The van der Waals surface area contributed by atoms with Gasteiger partial charge in [0, 0.05) is 11.2 Å². The highest BCUT2D eigenvalue weighted by Gasteiger charge is 2.27. The van der Waals surface area contributed by atoms with Crippen molar-refractivity contribution in [3.63, 3.8) is 0 Å². The molecule has 0 bridgehead atoms. The fraction of sp³-hybridized carbons (Fsp3) is 0.417. The van der Waals surface area contributed by atoms with Crippen LogP contribution in [0.2, 0.25) is 0 Å². The molecule has 0 spiro atoms. The number of anilines is 1. The van der Waals surface area contributed by atoms with Gasteiger partial charge in [0.2, 0.25) is 5.91 Å². The van der Waals surface area contributed by atoms with Crippen LogP contribution in [-0.4, -0.2) is 13.0 Å². The summed E-state index contributed by atoms with van der Waals surface area (Å²) >= 11 is 0. The first-order valence-corrected chi connectivity index (χ1v) is 5.22. The van der Waals surface area contributed by atoms with Crippen LogP contribution in [0.15, 0.2) is 12.1 Å². The zero-order valence-corrected chi connectivity index (χ0v) is 9.76. The Balaban J connectivity index is 2.60. The summed E-state index contributed by atoms with van der Waals surface area (Å²) in [5.74, 6) is 0.748. The average molecular weight is 220 g/mol. The second kappa shape index (κ2) is 3.49. The Morgan fingerprint density at radius 2 is 2.12 bits per heavy atom. The fourth-order valence-corrected chi connectivity index (χ4v) is 1.94. The molecule has 1 aromatic carbocycles. The number of methoxy groups -OCH3 is 1. The minimum Gasteiger partial charge on any atom is -0.497 e. The number of carbonyl (C=O) groups is 1. The van der Waals surface area contributed by atoms with Crippen molar-refractivity contribution in [1.82, 2.24) is 0 Å². The smallest absolute Gasteiger partial charge is 0.228 e. The number of hydrogen-bond acceptors (Lipinski definition) is 3. The predicted octanol–water partition coefficient (Wildman–Crippen LogP) is 1.38. The average Bonchev–Trinajstić information content (AvgIpc) is 2.54.